The van der Waals surface area contributed by atoms with Gasteiger partial charge in [0.2, 0.25) is 0 Å². The van der Waals surface area contributed by atoms with E-state index >= 15 is 0 Å². The number of carbonyl (C=O) groups is 2. The van der Waals surface area contributed by atoms with Gasteiger partial charge < -0.3 is 19.5 Å². The Hall–Kier alpha value is -1.30. The summed E-state index contributed by atoms with van der Waals surface area (Å²) in [6.45, 7) is 7.08. The SMILES string of the molecule is CC(C)(C)OC(=O)N1CCC2(COC2)C(C(=O)O)C1. The summed E-state index contributed by atoms with van der Waals surface area (Å²) in [6.07, 6.45) is 0.220. The van der Waals surface area contributed by atoms with Crippen LogP contribution in [0.25, 0.3) is 0 Å². The summed E-state index contributed by atoms with van der Waals surface area (Å²) in [5.74, 6) is -1.43. The van der Waals surface area contributed by atoms with Crippen LogP contribution in [0.1, 0.15) is 27.2 Å². The molecular formula is C13H21NO5. The molecule has 19 heavy (non-hydrogen) atoms. The predicted octanol–water partition coefficient (Wildman–Crippen LogP) is 1.34. The predicted molar refractivity (Wildman–Crippen MR) is 66.8 cm³/mol. The molecule has 2 aliphatic heterocycles. The summed E-state index contributed by atoms with van der Waals surface area (Å²) >= 11 is 0. The number of hydrogen-bond donors (Lipinski definition) is 1. The number of aliphatic carboxylic acids is 1. The normalized spacial score (nSPS) is 25.8. The number of rotatable bonds is 1. The van der Waals surface area contributed by atoms with Gasteiger partial charge in [0.1, 0.15) is 5.60 Å². The second-order valence-corrected chi connectivity index (χ2v) is 6.42. The molecule has 6 nitrogen and oxygen atoms in total. The van der Waals surface area contributed by atoms with Gasteiger partial charge in [-0.15, -0.1) is 0 Å². The Kier molecular flexibility index (Phi) is 3.47. The fourth-order valence-electron chi connectivity index (χ4n) is 2.58. The number of ether oxygens (including phenoxy) is 2. The average molecular weight is 271 g/mol. The van der Waals surface area contributed by atoms with E-state index in [0.717, 1.165) is 0 Å². The first kappa shape index (κ1) is 14.1. The molecule has 108 valence electrons. The number of piperidine rings is 1. The lowest BCUT2D eigenvalue weighted by Gasteiger charge is -2.50. The number of carboxylic acids is 1. The van der Waals surface area contributed by atoms with Crippen molar-refractivity contribution in [2.75, 3.05) is 26.3 Å². The van der Waals surface area contributed by atoms with Crippen molar-refractivity contribution in [3.05, 3.63) is 0 Å². The largest absolute Gasteiger partial charge is 0.481 e. The molecule has 1 spiro atoms. The van der Waals surface area contributed by atoms with Gasteiger partial charge in [-0.25, -0.2) is 4.79 Å². The number of nitrogens with zero attached hydrogens (tertiary/aromatic N) is 1. The van der Waals surface area contributed by atoms with E-state index in [-0.39, 0.29) is 12.0 Å². The summed E-state index contributed by atoms with van der Waals surface area (Å²) in [5, 5.41) is 9.34. The van der Waals surface area contributed by atoms with E-state index in [1.807, 2.05) is 0 Å². The van der Waals surface area contributed by atoms with E-state index in [1.165, 1.54) is 4.90 Å². The molecule has 1 atom stereocenters. The maximum Gasteiger partial charge on any atom is 0.410 e. The third-order valence-corrected chi connectivity index (χ3v) is 3.75. The summed E-state index contributed by atoms with van der Waals surface area (Å²) in [5.41, 5.74) is -0.852. The zero-order valence-corrected chi connectivity index (χ0v) is 11.6. The molecule has 1 amide bonds. The minimum absolute atomic E-state index is 0.202. The highest BCUT2D eigenvalue weighted by molar-refractivity contribution is 5.74. The molecule has 1 unspecified atom stereocenters. The van der Waals surface area contributed by atoms with Crippen LogP contribution in [0.3, 0.4) is 0 Å². The molecule has 2 saturated heterocycles. The summed E-state index contributed by atoms with van der Waals surface area (Å²) in [6, 6.07) is 0. The van der Waals surface area contributed by atoms with Crippen LogP contribution in [0.2, 0.25) is 0 Å². The van der Waals surface area contributed by atoms with Gasteiger partial charge in [0, 0.05) is 18.5 Å². The van der Waals surface area contributed by atoms with Crippen LogP contribution in [-0.2, 0) is 14.3 Å². The van der Waals surface area contributed by atoms with Crippen LogP contribution in [-0.4, -0.2) is 54.0 Å². The molecule has 0 aromatic rings. The second kappa shape index (κ2) is 4.67. The van der Waals surface area contributed by atoms with Crippen LogP contribution in [0.4, 0.5) is 4.79 Å². The molecule has 0 aromatic heterocycles. The molecule has 0 radical (unpaired) electrons. The van der Waals surface area contributed by atoms with E-state index in [4.69, 9.17) is 9.47 Å². The molecular weight excluding hydrogens is 250 g/mol. The molecule has 2 aliphatic rings. The average Bonchev–Trinajstić information content (AvgIpc) is 2.23. The number of carbonyl (C=O) groups excluding carboxylic acids is 1. The van der Waals surface area contributed by atoms with Gasteiger partial charge >= 0.3 is 12.1 Å². The summed E-state index contributed by atoms with van der Waals surface area (Å²) in [7, 11) is 0. The minimum Gasteiger partial charge on any atom is -0.481 e. The van der Waals surface area contributed by atoms with Crippen LogP contribution >= 0.6 is 0 Å². The fraction of sp³-hybridized carbons (Fsp3) is 0.846. The van der Waals surface area contributed by atoms with Crippen molar-refractivity contribution in [1.82, 2.24) is 4.90 Å². The summed E-state index contributed by atoms with van der Waals surface area (Å²) in [4.78, 5) is 24.9. The van der Waals surface area contributed by atoms with Crippen molar-refractivity contribution in [3.8, 4) is 0 Å². The smallest absolute Gasteiger partial charge is 0.410 e. The van der Waals surface area contributed by atoms with Crippen LogP contribution in [0.5, 0.6) is 0 Å². The minimum atomic E-state index is -0.864. The van der Waals surface area contributed by atoms with E-state index in [2.05, 4.69) is 0 Å². The molecule has 0 aliphatic carbocycles. The molecule has 2 heterocycles. The molecule has 2 rings (SSSR count). The van der Waals surface area contributed by atoms with Crippen molar-refractivity contribution in [1.29, 1.82) is 0 Å². The Morgan fingerprint density at radius 1 is 1.37 bits per heavy atom. The number of hydrogen-bond acceptors (Lipinski definition) is 4. The van der Waals surface area contributed by atoms with Gasteiger partial charge in [0.25, 0.3) is 0 Å². The summed E-state index contributed by atoms with van der Waals surface area (Å²) < 4.78 is 10.5. The van der Waals surface area contributed by atoms with Gasteiger partial charge in [-0.3, -0.25) is 4.79 Å². The van der Waals surface area contributed by atoms with Crippen molar-refractivity contribution < 1.29 is 24.2 Å². The molecule has 0 aromatic carbocycles. The van der Waals surface area contributed by atoms with Gasteiger partial charge in [-0.1, -0.05) is 0 Å². The van der Waals surface area contributed by atoms with Crippen LogP contribution in [0.15, 0.2) is 0 Å². The molecule has 0 saturated carbocycles. The third kappa shape index (κ3) is 2.83. The van der Waals surface area contributed by atoms with Gasteiger partial charge in [-0.2, -0.15) is 0 Å². The van der Waals surface area contributed by atoms with Gasteiger partial charge in [-0.05, 0) is 27.2 Å². The second-order valence-electron chi connectivity index (χ2n) is 6.42. The first-order valence-electron chi connectivity index (χ1n) is 6.52. The van der Waals surface area contributed by atoms with Gasteiger partial charge in [0.15, 0.2) is 0 Å². The van der Waals surface area contributed by atoms with Crippen LogP contribution < -0.4 is 0 Å². The Labute approximate surface area is 112 Å². The fourth-order valence-corrected chi connectivity index (χ4v) is 2.58. The topological polar surface area (TPSA) is 76.1 Å². The monoisotopic (exact) mass is 271 g/mol. The zero-order valence-electron chi connectivity index (χ0n) is 11.6. The maximum absolute atomic E-state index is 12.0. The van der Waals surface area contributed by atoms with Gasteiger partial charge in [0.05, 0.1) is 19.1 Å². The lowest BCUT2D eigenvalue weighted by atomic mass is 9.68. The van der Waals surface area contributed by atoms with Crippen molar-refractivity contribution in [2.24, 2.45) is 11.3 Å². The lowest BCUT2D eigenvalue weighted by Crippen LogP contribution is -2.60. The molecule has 2 fully saturated rings. The van der Waals surface area contributed by atoms with E-state index in [9.17, 15) is 14.7 Å². The standard InChI is InChI=1S/C13H21NO5/c1-12(2,3)19-11(17)14-5-4-13(7-18-8-13)9(6-14)10(15)16/h9H,4-8H2,1-3H3,(H,15,16). The molecule has 0 bridgehead atoms. The highest BCUT2D eigenvalue weighted by atomic mass is 16.6. The quantitative estimate of drug-likeness (QED) is 0.779. The molecule has 1 N–H and O–H groups in total. The first-order chi connectivity index (χ1) is 8.73. The van der Waals surface area contributed by atoms with E-state index in [1.54, 1.807) is 20.8 Å². The van der Waals surface area contributed by atoms with Crippen LogP contribution in [0, 0.1) is 11.3 Å². The highest BCUT2D eigenvalue weighted by Crippen LogP contribution is 2.43. The Bertz CT molecular complexity index is 383. The van der Waals surface area contributed by atoms with Crippen molar-refractivity contribution >= 4 is 12.1 Å². The van der Waals surface area contributed by atoms with Crippen molar-refractivity contribution in [2.45, 2.75) is 32.8 Å². The Morgan fingerprint density at radius 2 is 2.00 bits per heavy atom. The van der Waals surface area contributed by atoms with E-state index < -0.39 is 23.6 Å². The maximum atomic E-state index is 12.0. The molecule has 6 heteroatoms. The lowest BCUT2D eigenvalue weighted by molar-refractivity contribution is -0.189. The highest BCUT2D eigenvalue weighted by Gasteiger charge is 2.53. The third-order valence-electron chi connectivity index (χ3n) is 3.75. The number of likely N-dealkylation sites (tertiary alicyclic amines) is 1. The number of amides is 1. The Morgan fingerprint density at radius 3 is 2.42 bits per heavy atom. The number of carboxylic acid groups (broad SMARTS) is 1. The zero-order chi connectivity index (χ0) is 14.3. The first-order valence-corrected chi connectivity index (χ1v) is 6.52. The Balaban J connectivity index is 2.03. The van der Waals surface area contributed by atoms with Crippen molar-refractivity contribution in [3.63, 3.8) is 0 Å². The van der Waals surface area contributed by atoms with E-state index in [0.29, 0.717) is 26.2 Å².